The zero-order chi connectivity index (χ0) is 15.1. The Morgan fingerprint density at radius 3 is 2.67 bits per heavy atom. The summed E-state index contributed by atoms with van der Waals surface area (Å²) in [5.74, 6) is 0.852. The van der Waals surface area contributed by atoms with Crippen molar-refractivity contribution in [2.75, 3.05) is 32.8 Å². The minimum absolute atomic E-state index is 0.00498. The van der Waals surface area contributed by atoms with Crippen LogP contribution in [0.25, 0.3) is 0 Å². The standard InChI is InChI=1S/C16H25N3O2/c1-3-15(17-4-2)13-5-7-14(8-6-13)21-12-11-19-10-9-18-16(19)20/h5-8,15,17H,3-4,9-12H2,1-2H3,(H,18,20). The molecule has 21 heavy (non-hydrogen) atoms. The smallest absolute Gasteiger partial charge is 0.317 e. The Morgan fingerprint density at radius 2 is 2.10 bits per heavy atom. The molecule has 0 spiro atoms. The third-order valence-electron chi connectivity index (χ3n) is 3.72. The summed E-state index contributed by atoms with van der Waals surface area (Å²) in [6.45, 7) is 7.92. The van der Waals surface area contributed by atoms with Crippen LogP contribution in [0, 0.1) is 0 Å². The molecule has 1 saturated heterocycles. The van der Waals surface area contributed by atoms with Gasteiger partial charge in [0.15, 0.2) is 0 Å². The molecule has 0 saturated carbocycles. The molecule has 2 amide bonds. The number of hydrogen-bond acceptors (Lipinski definition) is 3. The van der Waals surface area contributed by atoms with Crippen LogP contribution in [0.5, 0.6) is 5.75 Å². The summed E-state index contributed by atoms with van der Waals surface area (Å²) in [6, 6.07) is 8.62. The molecule has 1 aromatic rings. The number of nitrogens with zero attached hydrogens (tertiary/aromatic N) is 1. The molecule has 0 aromatic heterocycles. The Morgan fingerprint density at radius 1 is 1.33 bits per heavy atom. The van der Waals surface area contributed by atoms with Gasteiger partial charge in [0.25, 0.3) is 0 Å². The largest absolute Gasteiger partial charge is 0.492 e. The molecule has 1 heterocycles. The Bertz CT molecular complexity index is 447. The van der Waals surface area contributed by atoms with Crippen molar-refractivity contribution in [3.63, 3.8) is 0 Å². The molecule has 2 rings (SSSR count). The van der Waals surface area contributed by atoms with Crippen molar-refractivity contribution in [3.05, 3.63) is 29.8 Å². The zero-order valence-corrected chi connectivity index (χ0v) is 12.9. The number of ether oxygens (including phenoxy) is 1. The second-order valence-corrected chi connectivity index (χ2v) is 5.15. The van der Waals surface area contributed by atoms with Crippen molar-refractivity contribution in [2.24, 2.45) is 0 Å². The maximum Gasteiger partial charge on any atom is 0.317 e. The normalized spacial score (nSPS) is 15.9. The highest BCUT2D eigenvalue weighted by atomic mass is 16.5. The fraction of sp³-hybridized carbons (Fsp3) is 0.562. The van der Waals surface area contributed by atoms with Crippen LogP contribution in [0.1, 0.15) is 31.9 Å². The van der Waals surface area contributed by atoms with Gasteiger partial charge >= 0.3 is 6.03 Å². The number of carbonyl (C=O) groups excluding carboxylic acids is 1. The van der Waals surface area contributed by atoms with Crippen molar-refractivity contribution in [1.82, 2.24) is 15.5 Å². The van der Waals surface area contributed by atoms with Gasteiger partial charge < -0.3 is 20.3 Å². The van der Waals surface area contributed by atoms with E-state index < -0.39 is 0 Å². The van der Waals surface area contributed by atoms with E-state index in [-0.39, 0.29) is 6.03 Å². The van der Waals surface area contributed by atoms with Gasteiger partial charge in [-0.25, -0.2) is 4.79 Å². The van der Waals surface area contributed by atoms with Crippen LogP contribution in [-0.4, -0.2) is 43.7 Å². The molecule has 1 fully saturated rings. The Kier molecular flexibility index (Phi) is 5.87. The van der Waals surface area contributed by atoms with E-state index in [1.165, 1.54) is 5.56 Å². The summed E-state index contributed by atoms with van der Waals surface area (Å²) in [5, 5.41) is 6.24. The Balaban J connectivity index is 1.80. The lowest BCUT2D eigenvalue weighted by atomic mass is 10.0. The summed E-state index contributed by atoms with van der Waals surface area (Å²) in [7, 11) is 0. The number of rotatable bonds is 8. The van der Waals surface area contributed by atoms with E-state index in [0.717, 1.165) is 31.8 Å². The van der Waals surface area contributed by atoms with Crippen molar-refractivity contribution >= 4 is 6.03 Å². The summed E-state index contributed by atoms with van der Waals surface area (Å²) in [5.41, 5.74) is 1.28. The first kappa shape index (κ1) is 15.6. The van der Waals surface area contributed by atoms with E-state index >= 15 is 0 Å². The Hall–Kier alpha value is -1.75. The summed E-state index contributed by atoms with van der Waals surface area (Å²) >= 11 is 0. The monoisotopic (exact) mass is 291 g/mol. The molecule has 1 aliphatic heterocycles. The highest BCUT2D eigenvalue weighted by Gasteiger charge is 2.18. The number of hydrogen-bond donors (Lipinski definition) is 2. The average molecular weight is 291 g/mol. The SMILES string of the molecule is CCNC(CC)c1ccc(OCCN2CCNC2=O)cc1. The van der Waals surface area contributed by atoms with Crippen LogP contribution in [0.15, 0.2) is 24.3 Å². The number of nitrogens with one attached hydrogen (secondary N) is 2. The molecule has 1 atom stereocenters. The second-order valence-electron chi connectivity index (χ2n) is 5.15. The van der Waals surface area contributed by atoms with E-state index in [1.807, 2.05) is 12.1 Å². The molecule has 1 aliphatic rings. The number of benzene rings is 1. The lowest BCUT2D eigenvalue weighted by molar-refractivity contribution is 0.202. The van der Waals surface area contributed by atoms with E-state index in [4.69, 9.17) is 4.74 Å². The fourth-order valence-corrected chi connectivity index (χ4v) is 2.54. The molecule has 0 aliphatic carbocycles. The van der Waals surface area contributed by atoms with E-state index in [9.17, 15) is 4.79 Å². The molecule has 0 radical (unpaired) electrons. The lowest BCUT2D eigenvalue weighted by Gasteiger charge is -2.17. The Labute approximate surface area is 126 Å². The molecule has 5 heteroatoms. The van der Waals surface area contributed by atoms with E-state index in [0.29, 0.717) is 19.2 Å². The zero-order valence-electron chi connectivity index (χ0n) is 12.9. The van der Waals surface area contributed by atoms with Crippen LogP contribution in [-0.2, 0) is 0 Å². The van der Waals surface area contributed by atoms with Crippen molar-refractivity contribution in [3.8, 4) is 5.75 Å². The first-order chi connectivity index (χ1) is 10.2. The van der Waals surface area contributed by atoms with Gasteiger partial charge in [0.05, 0.1) is 6.54 Å². The third kappa shape index (κ3) is 4.36. The molecule has 0 bridgehead atoms. The third-order valence-corrected chi connectivity index (χ3v) is 3.72. The van der Waals surface area contributed by atoms with Gasteiger partial charge in [0, 0.05) is 19.1 Å². The first-order valence-corrected chi connectivity index (χ1v) is 7.73. The highest BCUT2D eigenvalue weighted by Crippen LogP contribution is 2.20. The van der Waals surface area contributed by atoms with Gasteiger partial charge in [-0.05, 0) is 30.7 Å². The predicted molar refractivity (Wildman–Crippen MR) is 83.6 cm³/mol. The average Bonchev–Trinajstić information content (AvgIpc) is 2.91. The van der Waals surface area contributed by atoms with Gasteiger partial charge in [-0.1, -0.05) is 26.0 Å². The maximum atomic E-state index is 11.4. The number of urea groups is 1. The maximum absolute atomic E-state index is 11.4. The van der Waals surface area contributed by atoms with Crippen molar-refractivity contribution in [1.29, 1.82) is 0 Å². The summed E-state index contributed by atoms with van der Waals surface area (Å²) in [6.07, 6.45) is 1.07. The van der Waals surface area contributed by atoms with Crippen molar-refractivity contribution in [2.45, 2.75) is 26.3 Å². The lowest BCUT2D eigenvalue weighted by Crippen LogP contribution is -2.31. The molecular formula is C16H25N3O2. The number of carbonyl (C=O) groups is 1. The number of amides is 2. The van der Waals surface area contributed by atoms with Gasteiger partial charge in [0.1, 0.15) is 12.4 Å². The minimum Gasteiger partial charge on any atom is -0.492 e. The molecule has 5 nitrogen and oxygen atoms in total. The van der Waals surface area contributed by atoms with E-state index in [1.54, 1.807) is 4.90 Å². The van der Waals surface area contributed by atoms with Gasteiger partial charge in [-0.3, -0.25) is 0 Å². The van der Waals surface area contributed by atoms with Gasteiger partial charge in [-0.2, -0.15) is 0 Å². The van der Waals surface area contributed by atoms with Gasteiger partial charge in [-0.15, -0.1) is 0 Å². The molecule has 1 unspecified atom stereocenters. The van der Waals surface area contributed by atoms with E-state index in [2.05, 4.69) is 36.6 Å². The van der Waals surface area contributed by atoms with Crippen LogP contribution in [0.3, 0.4) is 0 Å². The van der Waals surface area contributed by atoms with Crippen LogP contribution in [0.4, 0.5) is 4.79 Å². The fourth-order valence-electron chi connectivity index (χ4n) is 2.54. The van der Waals surface area contributed by atoms with Gasteiger partial charge in [0.2, 0.25) is 0 Å². The predicted octanol–water partition coefficient (Wildman–Crippen LogP) is 2.15. The highest BCUT2D eigenvalue weighted by molar-refractivity contribution is 5.76. The quantitative estimate of drug-likeness (QED) is 0.771. The van der Waals surface area contributed by atoms with Crippen LogP contribution >= 0.6 is 0 Å². The van der Waals surface area contributed by atoms with Crippen molar-refractivity contribution < 1.29 is 9.53 Å². The molecule has 2 N–H and O–H groups in total. The summed E-state index contributed by atoms with van der Waals surface area (Å²) < 4.78 is 5.70. The van der Waals surface area contributed by atoms with Crippen LogP contribution in [0.2, 0.25) is 0 Å². The topological polar surface area (TPSA) is 53.6 Å². The summed E-state index contributed by atoms with van der Waals surface area (Å²) in [4.78, 5) is 13.2. The second kappa shape index (κ2) is 7.88. The molecule has 116 valence electrons. The minimum atomic E-state index is 0.00498. The molecular weight excluding hydrogens is 266 g/mol. The first-order valence-electron chi connectivity index (χ1n) is 7.73. The molecule has 1 aromatic carbocycles. The van der Waals surface area contributed by atoms with Crippen LogP contribution < -0.4 is 15.4 Å².